The Hall–Kier alpha value is -3.77. The molecule has 5 rings (SSSR count). The Balaban J connectivity index is 1.14. The molecule has 0 aliphatic carbocycles. The number of hydrogen-bond acceptors (Lipinski definition) is 9. The van der Waals surface area contributed by atoms with Gasteiger partial charge in [0.25, 0.3) is 11.1 Å². The smallest absolute Gasteiger partial charge is 0.290 e. The number of piperidine rings is 1. The quantitative estimate of drug-likeness (QED) is 0.449. The maximum absolute atomic E-state index is 14.1. The van der Waals surface area contributed by atoms with E-state index in [0.717, 1.165) is 50.4 Å². The SMILES string of the molecule is O=C1NC(=O)C(=Cc2ccnc(N3CCC(CNCc4cc(F)cc(-c5ccncc5F)n4)CC3)n2)S1. The molecule has 12 heteroatoms. The van der Waals surface area contributed by atoms with Crippen LogP contribution in [0.25, 0.3) is 17.3 Å². The van der Waals surface area contributed by atoms with Crippen LogP contribution < -0.4 is 15.5 Å². The zero-order valence-corrected chi connectivity index (χ0v) is 20.5. The molecule has 0 spiro atoms. The van der Waals surface area contributed by atoms with Crippen LogP contribution in [0.3, 0.4) is 0 Å². The van der Waals surface area contributed by atoms with Gasteiger partial charge in [0, 0.05) is 43.7 Å². The van der Waals surface area contributed by atoms with Gasteiger partial charge in [0.1, 0.15) is 5.82 Å². The van der Waals surface area contributed by atoms with E-state index in [0.29, 0.717) is 34.7 Å². The molecule has 5 heterocycles. The Labute approximate surface area is 215 Å². The van der Waals surface area contributed by atoms with Crippen molar-refractivity contribution in [3.8, 4) is 11.3 Å². The largest absolute Gasteiger partial charge is 0.341 e. The van der Waals surface area contributed by atoms with Gasteiger partial charge >= 0.3 is 0 Å². The second kappa shape index (κ2) is 11.1. The molecule has 190 valence electrons. The van der Waals surface area contributed by atoms with Crippen LogP contribution in [0.5, 0.6) is 0 Å². The number of pyridine rings is 2. The van der Waals surface area contributed by atoms with Crippen molar-refractivity contribution in [1.29, 1.82) is 0 Å². The van der Waals surface area contributed by atoms with Crippen LogP contribution in [0.1, 0.15) is 24.2 Å². The molecule has 0 aromatic carbocycles. The van der Waals surface area contributed by atoms with Gasteiger partial charge in [0.2, 0.25) is 5.95 Å². The molecule has 0 saturated carbocycles. The van der Waals surface area contributed by atoms with E-state index in [9.17, 15) is 18.4 Å². The van der Waals surface area contributed by atoms with Crippen LogP contribution in [-0.4, -0.2) is 50.7 Å². The highest BCUT2D eigenvalue weighted by molar-refractivity contribution is 8.18. The molecule has 0 unspecified atom stereocenters. The van der Waals surface area contributed by atoms with Gasteiger partial charge in [0.15, 0.2) is 5.82 Å². The lowest BCUT2D eigenvalue weighted by molar-refractivity contribution is -0.115. The fourth-order valence-corrected chi connectivity index (χ4v) is 4.92. The lowest BCUT2D eigenvalue weighted by atomic mass is 9.97. The van der Waals surface area contributed by atoms with E-state index in [1.54, 1.807) is 18.3 Å². The monoisotopic (exact) mass is 523 g/mol. The number of carbonyl (C=O) groups is 2. The molecule has 2 aliphatic rings. The van der Waals surface area contributed by atoms with E-state index in [1.807, 2.05) is 0 Å². The molecule has 2 N–H and O–H groups in total. The molecule has 3 aromatic rings. The van der Waals surface area contributed by atoms with Crippen molar-refractivity contribution < 1.29 is 18.4 Å². The summed E-state index contributed by atoms with van der Waals surface area (Å²) in [4.78, 5) is 42.6. The summed E-state index contributed by atoms with van der Waals surface area (Å²) in [6.07, 6.45) is 7.58. The minimum Gasteiger partial charge on any atom is -0.341 e. The number of halogens is 2. The number of amides is 2. The van der Waals surface area contributed by atoms with Gasteiger partial charge in [-0.2, -0.15) is 0 Å². The first-order valence-electron chi connectivity index (χ1n) is 11.7. The third-order valence-corrected chi connectivity index (χ3v) is 6.92. The molecular formula is C25H23F2N7O2S. The summed E-state index contributed by atoms with van der Waals surface area (Å²) < 4.78 is 28.2. The minimum absolute atomic E-state index is 0.212. The maximum atomic E-state index is 14.1. The van der Waals surface area contributed by atoms with Gasteiger partial charge in [-0.05, 0) is 61.3 Å². The minimum atomic E-state index is -0.546. The molecule has 2 aliphatic heterocycles. The van der Waals surface area contributed by atoms with Crippen LogP contribution >= 0.6 is 11.8 Å². The maximum Gasteiger partial charge on any atom is 0.290 e. The standard InChI is InChI=1S/C25H23F2N7O2S/c26-16-9-18(31-21(10-16)19-2-5-28-14-20(19)27)13-29-12-15-3-7-34(8-4-15)24-30-6-1-17(32-24)11-22-23(35)33-25(36)37-22/h1-2,5-6,9-11,14-15,29H,3-4,7-8,12-13H2,(H,33,35,36). The van der Waals surface area contributed by atoms with Gasteiger partial charge in [-0.3, -0.25) is 24.9 Å². The van der Waals surface area contributed by atoms with Crippen LogP contribution in [0, 0.1) is 17.6 Å². The molecular weight excluding hydrogens is 500 g/mol. The molecule has 3 aromatic heterocycles. The highest BCUT2D eigenvalue weighted by atomic mass is 32.2. The molecule has 0 radical (unpaired) electrons. The Morgan fingerprint density at radius 1 is 1.14 bits per heavy atom. The third-order valence-electron chi connectivity index (χ3n) is 6.11. The highest BCUT2D eigenvalue weighted by Gasteiger charge is 2.26. The Kier molecular flexibility index (Phi) is 7.47. The molecule has 2 fully saturated rings. The average molecular weight is 524 g/mol. The topological polar surface area (TPSA) is 113 Å². The lowest BCUT2D eigenvalue weighted by Gasteiger charge is -2.32. The average Bonchev–Trinajstić information content (AvgIpc) is 3.20. The first-order chi connectivity index (χ1) is 17.9. The van der Waals surface area contributed by atoms with Gasteiger partial charge in [-0.1, -0.05) is 0 Å². The lowest BCUT2D eigenvalue weighted by Crippen LogP contribution is -2.38. The Bertz CT molecular complexity index is 1360. The van der Waals surface area contributed by atoms with E-state index in [2.05, 4.69) is 35.5 Å². The predicted molar refractivity (Wildman–Crippen MR) is 135 cm³/mol. The number of aromatic nitrogens is 4. The van der Waals surface area contributed by atoms with Gasteiger partial charge in [-0.25, -0.2) is 18.7 Å². The fourth-order valence-electron chi connectivity index (χ4n) is 4.25. The van der Waals surface area contributed by atoms with E-state index >= 15 is 0 Å². The van der Waals surface area contributed by atoms with Crippen molar-refractivity contribution in [2.45, 2.75) is 19.4 Å². The highest BCUT2D eigenvalue weighted by Crippen LogP contribution is 2.26. The van der Waals surface area contributed by atoms with Crippen molar-refractivity contribution in [2.75, 3.05) is 24.5 Å². The number of nitrogens with zero attached hydrogens (tertiary/aromatic N) is 5. The Morgan fingerprint density at radius 3 is 2.73 bits per heavy atom. The van der Waals surface area contributed by atoms with Gasteiger partial charge in [-0.15, -0.1) is 0 Å². The van der Waals surface area contributed by atoms with E-state index < -0.39 is 22.8 Å². The summed E-state index contributed by atoms with van der Waals surface area (Å²) in [5.74, 6) is -0.441. The predicted octanol–water partition coefficient (Wildman–Crippen LogP) is 3.54. The second-order valence-electron chi connectivity index (χ2n) is 8.71. The first kappa shape index (κ1) is 24.9. The normalized spacial score (nSPS) is 17.5. The summed E-state index contributed by atoms with van der Waals surface area (Å²) in [5, 5.41) is 5.18. The van der Waals surface area contributed by atoms with Crippen molar-refractivity contribution in [2.24, 2.45) is 5.92 Å². The number of hydrogen-bond donors (Lipinski definition) is 2. The van der Waals surface area contributed by atoms with Crippen molar-refractivity contribution in [3.63, 3.8) is 0 Å². The van der Waals surface area contributed by atoms with Crippen LogP contribution in [-0.2, 0) is 11.3 Å². The summed E-state index contributed by atoms with van der Waals surface area (Å²) in [7, 11) is 0. The molecule has 37 heavy (non-hydrogen) atoms. The van der Waals surface area contributed by atoms with Crippen LogP contribution in [0.4, 0.5) is 19.5 Å². The number of rotatable bonds is 7. The summed E-state index contributed by atoms with van der Waals surface area (Å²) in [5.41, 5.74) is 1.51. The first-order valence-corrected chi connectivity index (χ1v) is 12.6. The van der Waals surface area contributed by atoms with E-state index in [4.69, 9.17) is 0 Å². The molecule has 0 bridgehead atoms. The van der Waals surface area contributed by atoms with E-state index in [1.165, 1.54) is 24.4 Å². The third kappa shape index (κ3) is 6.15. The molecule has 0 atom stereocenters. The second-order valence-corrected chi connectivity index (χ2v) is 9.73. The molecule has 2 amide bonds. The van der Waals surface area contributed by atoms with Crippen molar-refractivity contribution in [3.05, 3.63) is 70.8 Å². The summed E-state index contributed by atoms with van der Waals surface area (Å²) >= 11 is 0.853. The summed E-state index contributed by atoms with van der Waals surface area (Å²) in [6.45, 7) is 2.64. The van der Waals surface area contributed by atoms with Crippen molar-refractivity contribution >= 4 is 34.9 Å². The van der Waals surface area contributed by atoms with Crippen molar-refractivity contribution in [1.82, 2.24) is 30.6 Å². The number of thioether (sulfide) groups is 1. The van der Waals surface area contributed by atoms with Gasteiger partial charge in [0.05, 0.1) is 28.2 Å². The van der Waals surface area contributed by atoms with Gasteiger partial charge < -0.3 is 10.2 Å². The van der Waals surface area contributed by atoms with E-state index in [-0.39, 0.29) is 11.3 Å². The number of nitrogens with one attached hydrogen (secondary N) is 2. The van der Waals surface area contributed by atoms with Crippen LogP contribution in [0.2, 0.25) is 0 Å². The Morgan fingerprint density at radius 2 is 1.97 bits per heavy atom. The number of carbonyl (C=O) groups excluding carboxylic acids is 2. The molecule has 9 nitrogen and oxygen atoms in total. The summed E-state index contributed by atoms with van der Waals surface area (Å²) in [6, 6.07) is 5.73. The van der Waals surface area contributed by atoms with Crippen LogP contribution in [0.15, 0.2) is 47.8 Å². The number of imide groups is 1. The molecule has 2 saturated heterocycles. The zero-order chi connectivity index (χ0) is 25.8. The fraction of sp³-hybridized carbons (Fsp3) is 0.280. The number of anilines is 1. The zero-order valence-electron chi connectivity index (χ0n) is 19.7.